The topological polar surface area (TPSA) is 103 Å². The number of carbonyl (C=O) groups excluding carboxylic acids is 2. The average Bonchev–Trinajstić information content (AvgIpc) is 2.95. The number of aromatic amines is 1. The Hall–Kier alpha value is -2.77. The van der Waals surface area contributed by atoms with Crippen molar-refractivity contribution in [3.8, 4) is 0 Å². The van der Waals surface area contributed by atoms with E-state index in [0.29, 0.717) is 25.2 Å². The van der Waals surface area contributed by atoms with E-state index in [9.17, 15) is 14.0 Å². The van der Waals surface area contributed by atoms with Gasteiger partial charge in [0.05, 0.1) is 6.54 Å². The maximum absolute atomic E-state index is 13.2. The summed E-state index contributed by atoms with van der Waals surface area (Å²) < 4.78 is 13.2. The van der Waals surface area contributed by atoms with Crippen LogP contribution in [0.2, 0.25) is 0 Å². The minimum Gasteiger partial charge on any atom is -0.357 e. The molecule has 0 bridgehead atoms. The predicted octanol–water partition coefficient (Wildman–Crippen LogP) is 1.65. The van der Waals surface area contributed by atoms with Gasteiger partial charge in [-0.3, -0.25) is 0 Å². The zero-order valence-electron chi connectivity index (χ0n) is 13.1. The van der Waals surface area contributed by atoms with Crippen molar-refractivity contribution in [3.63, 3.8) is 0 Å². The summed E-state index contributed by atoms with van der Waals surface area (Å²) >= 11 is 0. The predicted molar refractivity (Wildman–Crippen MR) is 87.8 cm³/mol. The lowest BCUT2D eigenvalue weighted by Gasteiger charge is -2.31. The Balaban J connectivity index is 1.52. The van der Waals surface area contributed by atoms with Crippen LogP contribution in [0.3, 0.4) is 0 Å². The fraction of sp³-hybridized carbons (Fsp3) is 0.375. The fourth-order valence-corrected chi connectivity index (χ4v) is 2.96. The number of hydrogen-bond acceptors (Lipinski definition) is 2. The number of likely N-dealkylation sites (tertiary alicyclic amines) is 1. The van der Waals surface area contributed by atoms with Crippen LogP contribution < -0.4 is 16.4 Å². The van der Waals surface area contributed by atoms with Crippen LogP contribution in [0.25, 0.3) is 10.9 Å². The summed E-state index contributed by atoms with van der Waals surface area (Å²) in [6.45, 7) is 1.35. The van der Waals surface area contributed by atoms with E-state index in [-0.39, 0.29) is 17.9 Å². The minimum atomic E-state index is -0.466. The molecule has 0 saturated carbocycles. The van der Waals surface area contributed by atoms with E-state index < -0.39 is 6.03 Å². The molecule has 1 fully saturated rings. The van der Waals surface area contributed by atoms with Gasteiger partial charge in [0.25, 0.3) is 0 Å². The highest BCUT2D eigenvalue weighted by Gasteiger charge is 2.23. The van der Waals surface area contributed by atoms with Gasteiger partial charge in [0.1, 0.15) is 5.82 Å². The first-order chi connectivity index (χ1) is 11.5. The number of nitrogens with one attached hydrogen (secondary N) is 3. The number of benzene rings is 1. The lowest BCUT2D eigenvalue weighted by atomic mass is 10.1. The summed E-state index contributed by atoms with van der Waals surface area (Å²) in [4.78, 5) is 27.8. The molecule has 1 aliphatic heterocycles. The van der Waals surface area contributed by atoms with E-state index in [1.54, 1.807) is 6.07 Å². The fourth-order valence-electron chi connectivity index (χ4n) is 2.96. The first-order valence-electron chi connectivity index (χ1n) is 7.87. The molecule has 3 rings (SSSR count). The van der Waals surface area contributed by atoms with Crippen molar-refractivity contribution in [1.82, 2.24) is 20.5 Å². The van der Waals surface area contributed by atoms with E-state index in [2.05, 4.69) is 15.6 Å². The molecule has 0 spiro atoms. The number of carbonyl (C=O) groups is 2. The van der Waals surface area contributed by atoms with Gasteiger partial charge in [-0.25, -0.2) is 14.0 Å². The zero-order valence-corrected chi connectivity index (χ0v) is 13.1. The van der Waals surface area contributed by atoms with Crippen molar-refractivity contribution in [2.45, 2.75) is 25.4 Å². The van der Waals surface area contributed by atoms with Crippen LogP contribution in [0.1, 0.15) is 18.5 Å². The normalized spacial score (nSPS) is 17.7. The summed E-state index contributed by atoms with van der Waals surface area (Å²) in [5.41, 5.74) is 6.75. The Kier molecular flexibility index (Phi) is 4.54. The van der Waals surface area contributed by atoms with Gasteiger partial charge in [0.15, 0.2) is 0 Å². The molecular weight excluding hydrogens is 313 g/mol. The second kappa shape index (κ2) is 6.77. The Morgan fingerprint density at radius 1 is 1.38 bits per heavy atom. The monoisotopic (exact) mass is 333 g/mol. The third-order valence-electron chi connectivity index (χ3n) is 4.15. The Bertz CT molecular complexity index is 760. The molecule has 24 heavy (non-hydrogen) atoms. The van der Waals surface area contributed by atoms with Gasteiger partial charge < -0.3 is 26.3 Å². The van der Waals surface area contributed by atoms with Crippen molar-refractivity contribution in [1.29, 1.82) is 0 Å². The van der Waals surface area contributed by atoms with E-state index in [1.807, 2.05) is 6.07 Å². The smallest absolute Gasteiger partial charge is 0.315 e. The molecule has 4 amide bonds. The Morgan fingerprint density at radius 3 is 3.00 bits per heavy atom. The molecule has 5 N–H and O–H groups in total. The second-order valence-corrected chi connectivity index (χ2v) is 5.98. The number of halogens is 1. The standard InChI is InChI=1S/C16H20FN5O2/c17-11-4-3-10-6-13(20-14(10)7-11)8-19-16(24)21-12-2-1-5-22(9-12)15(18)23/h3-4,6-7,12,20H,1-2,5,8-9H2,(H2,18,23)(H2,19,21,24)/t12-/m1/s1. The first kappa shape index (κ1) is 16.1. The van der Waals surface area contributed by atoms with Crippen molar-refractivity contribution < 1.29 is 14.0 Å². The Morgan fingerprint density at radius 2 is 2.21 bits per heavy atom. The van der Waals surface area contributed by atoms with Crippen LogP contribution in [0, 0.1) is 5.82 Å². The molecule has 2 heterocycles. The number of hydrogen-bond donors (Lipinski definition) is 4. The molecule has 1 aromatic carbocycles. The summed E-state index contributed by atoms with van der Waals surface area (Å²) in [5, 5.41) is 6.49. The lowest BCUT2D eigenvalue weighted by molar-refractivity contribution is 0.179. The van der Waals surface area contributed by atoms with E-state index in [1.165, 1.54) is 17.0 Å². The molecule has 1 atom stereocenters. The molecule has 1 aromatic heterocycles. The van der Waals surface area contributed by atoms with Crippen LogP contribution in [-0.4, -0.2) is 41.1 Å². The average molecular weight is 333 g/mol. The highest BCUT2D eigenvalue weighted by molar-refractivity contribution is 5.80. The lowest BCUT2D eigenvalue weighted by Crippen LogP contribution is -2.52. The van der Waals surface area contributed by atoms with Gasteiger partial charge in [-0.2, -0.15) is 0 Å². The van der Waals surface area contributed by atoms with Crippen LogP contribution in [0.15, 0.2) is 24.3 Å². The first-order valence-corrected chi connectivity index (χ1v) is 7.87. The number of piperidine rings is 1. The SMILES string of the molecule is NC(=O)N1CCC[C@@H](NC(=O)NCc2cc3ccc(F)cc3[nH]2)C1. The zero-order chi connectivity index (χ0) is 17.1. The molecule has 0 radical (unpaired) electrons. The Labute approximate surface area is 138 Å². The van der Waals surface area contributed by atoms with Crippen LogP contribution in [0.4, 0.5) is 14.0 Å². The molecule has 8 heteroatoms. The summed E-state index contributed by atoms with van der Waals surface area (Å²) in [5.74, 6) is -0.307. The van der Waals surface area contributed by atoms with Gasteiger partial charge in [-0.1, -0.05) is 0 Å². The van der Waals surface area contributed by atoms with E-state index in [4.69, 9.17) is 5.73 Å². The minimum absolute atomic E-state index is 0.108. The molecule has 1 saturated heterocycles. The number of rotatable bonds is 3. The summed E-state index contributed by atoms with van der Waals surface area (Å²) in [6.07, 6.45) is 1.62. The summed E-state index contributed by atoms with van der Waals surface area (Å²) in [7, 11) is 0. The highest BCUT2D eigenvalue weighted by atomic mass is 19.1. The maximum Gasteiger partial charge on any atom is 0.315 e. The number of nitrogens with two attached hydrogens (primary N) is 1. The van der Waals surface area contributed by atoms with Crippen molar-refractivity contribution in [2.75, 3.05) is 13.1 Å². The molecule has 0 unspecified atom stereocenters. The number of nitrogens with zero attached hydrogens (tertiary/aromatic N) is 1. The number of urea groups is 2. The highest BCUT2D eigenvalue weighted by Crippen LogP contribution is 2.16. The van der Waals surface area contributed by atoms with Gasteiger partial charge in [0.2, 0.25) is 0 Å². The van der Waals surface area contributed by atoms with Crippen LogP contribution >= 0.6 is 0 Å². The number of primary amides is 1. The van der Waals surface area contributed by atoms with Gasteiger partial charge in [-0.15, -0.1) is 0 Å². The number of H-pyrrole nitrogens is 1. The van der Waals surface area contributed by atoms with Gasteiger partial charge >= 0.3 is 12.1 Å². The maximum atomic E-state index is 13.2. The van der Waals surface area contributed by atoms with Crippen molar-refractivity contribution in [3.05, 3.63) is 35.8 Å². The largest absolute Gasteiger partial charge is 0.357 e. The molecule has 128 valence electrons. The summed E-state index contributed by atoms with van der Waals surface area (Å²) in [6, 6.07) is 5.48. The van der Waals surface area contributed by atoms with Gasteiger partial charge in [-0.05, 0) is 42.5 Å². The number of amides is 4. The van der Waals surface area contributed by atoms with E-state index >= 15 is 0 Å². The quantitative estimate of drug-likeness (QED) is 0.686. The van der Waals surface area contributed by atoms with Gasteiger partial charge in [0, 0.05) is 30.3 Å². The molecule has 2 aromatic rings. The van der Waals surface area contributed by atoms with Crippen LogP contribution in [0.5, 0.6) is 0 Å². The molecule has 7 nitrogen and oxygen atoms in total. The second-order valence-electron chi connectivity index (χ2n) is 5.98. The third-order valence-corrected chi connectivity index (χ3v) is 4.15. The van der Waals surface area contributed by atoms with Crippen molar-refractivity contribution >= 4 is 23.0 Å². The third kappa shape index (κ3) is 3.76. The van der Waals surface area contributed by atoms with Crippen LogP contribution in [-0.2, 0) is 6.54 Å². The van der Waals surface area contributed by atoms with E-state index in [0.717, 1.165) is 23.9 Å². The molecule has 1 aliphatic rings. The van der Waals surface area contributed by atoms with Crippen molar-refractivity contribution in [2.24, 2.45) is 5.73 Å². The number of fused-ring (bicyclic) bond motifs is 1. The number of aromatic nitrogens is 1. The molecular formula is C16H20FN5O2. The molecule has 0 aliphatic carbocycles.